The Bertz CT molecular complexity index is 484. The second-order valence-corrected chi connectivity index (χ2v) is 5.46. The van der Waals surface area contributed by atoms with Gasteiger partial charge in [-0.3, -0.25) is 5.32 Å². The number of carbonyl (C=O) groups excluding carboxylic acids is 1. The smallest absolute Gasteiger partial charge is 0.331 e. The van der Waals surface area contributed by atoms with Crippen molar-refractivity contribution in [1.82, 2.24) is 5.32 Å². The quantitative estimate of drug-likeness (QED) is 0.850. The number of rotatable bonds is 3. The van der Waals surface area contributed by atoms with Crippen molar-refractivity contribution in [3.05, 3.63) is 29.8 Å². The second kappa shape index (κ2) is 4.85. The second-order valence-electron chi connectivity index (χ2n) is 5.46. The van der Waals surface area contributed by atoms with E-state index in [0.717, 1.165) is 11.3 Å². The molecule has 2 rings (SSSR count). The van der Waals surface area contributed by atoms with Gasteiger partial charge in [0.05, 0.1) is 7.11 Å². The van der Waals surface area contributed by atoms with Gasteiger partial charge in [0.1, 0.15) is 16.9 Å². The molecule has 1 atom stereocenters. The largest absolute Gasteiger partial charge is 0.487 e. The topological polar surface area (TPSA) is 47.6 Å². The predicted molar refractivity (Wildman–Crippen MR) is 73.1 cm³/mol. The molecule has 4 nitrogen and oxygen atoms in total. The van der Waals surface area contributed by atoms with Crippen LogP contribution in [0, 0.1) is 0 Å². The van der Waals surface area contributed by atoms with Crippen LogP contribution in [0.4, 0.5) is 0 Å². The summed E-state index contributed by atoms with van der Waals surface area (Å²) >= 11 is 0. The maximum Gasteiger partial charge on any atom is 0.331 e. The van der Waals surface area contributed by atoms with Crippen LogP contribution in [0.1, 0.15) is 32.8 Å². The van der Waals surface area contributed by atoms with Crippen molar-refractivity contribution >= 4 is 5.97 Å². The van der Waals surface area contributed by atoms with E-state index in [9.17, 15) is 4.79 Å². The van der Waals surface area contributed by atoms with Gasteiger partial charge in [0.2, 0.25) is 0 Å². The molecule has 0 saturated carbocycles. The Morgan fingerprint density at radius 3 is 2.74 bits per heavy atom. The molecule has 0 spiro atoms. The Kier molecular flexibility index (Phi) is 3.54. The van der Waals surface area contributed by atoms with Gasteiger partial charge in [-0.1, -0.05) is 25.1 Å². The number of hydrogen-bond donors (Lipinski definition) is 1. The Morgan fingerprint density at radius 1 is 1.42 bits per heavy atom. The van der Waals surface area contributed by atoms with Crippen molar-refractivity contribution in [2.24, 2.45) is 0 Å². The van der Waals surface area contributed by atoms with Crippen LogP contribution in [0.25, 0.3) is 0 Å². The maximum atomic E-state index is 12.4. The standard InChI is InChI=1S/C15H21NO3/c1-5-16-15(13(17)18-4)10-14(2,3)19-12-9-7-6-8-11(12)15/h6-9,16H,5,10H2,1-4H3. The van der Waals surface area contributed by atoms with Gasteiger partial charge < -0.3 is 9.47 Å². The zero-order valence-electron chi connectivity index (χ0n) is 11.9. The Hall–Kier alpha value is -1.55. The van der Waals surface area contributed by atoms with E-state index in [1.165, 1.54) is 7.11 Å². The van der Waals surface area contributed by atoms with Crippen LogP contribution in [0.15, 0.2) is 24.3 Å². The third kappa shape index (κ3) is 2.32. The molecule has 0 fully saturated rings. The number of para-hydroxylation sites is 1. The van der Waals surface area contributed by atoms with Crippen molar-refractivity contribution in [1.29, 1.82) is 0 Å². The first-order valence-electron chi connectivity index (χ1n) is 6.57. The van der Waals surface area contributed by atoms with E-state index in [-0.39, 0.29) is 5.97 Å². The molecule has 104 valence electrons. The van der Waals surface area contributed by atoms with Crippen molar-refractivity contribution in [2.75, 3.05) is 13.7 Å². The molecule has 1 aliphatic heterocycles. The minimum absolute atomic E-state index is 0.266. The number of ether oxygens (including phenoxy) is 2. The highest BCUT2D eigenvalue weighted by Gasteiger charge is 2.50. The van der Waals surface area contributed by atoms with E-state index in [0.29, 0.717) is 13.0 Å². The van der Waals surface area contributed by atoms with Gasteiger partial charge in [-0.05, 0) is 26.5 Å². The minimum Gasteiger partial charge on any atom is -0.487 e. The highest BCUT2D eigenvalue weighted by Crippen LogP contribution is 2.44. The molecule has 1 aromatic rings. The maximum absolute atomic E-state index is 12.4. The van der Waals surface area contributed by atoms with Gasteiger partial charge >= 0.3 is 5.97 Å². The van der Waals surface area contributed by atoms with Crippen LogP contribution >= 0.6 is 0 Å². The summed E-state index contributed by atoms with van der Waals surface area (Å²) in [5.41, 5.74) is -0.407. The summed E-state index contributed by atoms with van der Waals surface area (Å²) in [7, 11) is 1.42. The summed E-state index contributed by atoms with van der Waals surface area (Å²) < 4.78 is 11.0. The summed E-state index contributed by atoms with van der Waals surface area (Å²) in [5, 5.41) is 3.31. The van der Waals surface area contributed by atoms with Gasteiger partial charge in [-0.25, -0.2) is 4.79 Å². The SMILES string of the molecule is CCNC1(C(=O)OC)CC(C)(C)Oc2ccccc21. The van der Waals surface area contributed by atoms with E-state index in [2.05, 4.69) is 5.32 Å². The first kappa shape index (κ1) is 13.9. The molecular formula is C15H21NO3. The zero-order valence-corrected chi connectivity index (χ0v) is 11.9. The third-order valence-electron chi connectivity index (χ3n) is 3.44. The number of hydrogen-bond acceptors (Lipinski definition) is 4. The Morgan fingerprint density at radius 2 is 2.11 bits per heavy atom. The third-order valence-corrected chi connectivity index (χ3v) is 3.44. The fourth-order valence-electron chi connectivity index (χ4n) is 2.86. The molecule has 0 bridgehead atoms. The number of methoxy groups -OCH3 is 1. The van der Waals surface area contributed by atoms with Crippen molar-refractivity contribution in [2.45, 2.75) is 38.3 Å². The molecule has 1 unspecified atom stereocenters. The van der Waals surface area contributed by atoms with Crippen LogP contribution < -0.4 is 10.1 Å². The summed E-state index contributed by atoms with van der Waals surface area (Å²) in [4.78, 5) is 12.4. The molecule has 0 aliphatic carbocycles. The first-order valence-corrected chi connectivity index (χ1v) is 6.57. The van der Waals surface area contributed by atoms with Gasteiger partial charge in [-0.2, -0.15) is 0 Å². The summed E-state index contributed by atoms with van der Waals surface area (Å²) in [6, 6.07) is 7.64. The lowest BCUT2D eigenvalue weighted by molar-refractivity contribution is -0.153. The zero-order chi connectivity index (χ0) is 14.1. The van der Waals surface area contributed by atoms with Gasteiger partial charge in [-0.15, -0.1) is 0 Å². The van der Waals surface area contributed by atoms with Crippen LogP contribution in [-0.4, -0.2) is 25.2 Å². The van der Waals surface area contributed by atoms with Crippen LogP contribution in [0.5, 0.6) is 5.75 Å². The molecule has 0 radical (unpaired) electrons. The average molecular weight is 263 g/mol. The molecule has 0 saturated heterocycles. The number of carbonyl (C=O) groups is 1. The van der Waals surface area contributed by atoms with E-state index < -0.39 is 11.1 Å². The summed E-state index contributed by atoms with van der Waals surface area (Å²) in [6.45, 7) is 6.63. The van der Waals surface area contributed by atoms with Crippen LogP contribution in [0.2, 0.25) is 0 Å². The molecule has 4 heteroatoms. The van der Waals surface area contributed by atoms with Gasteiger partial charge in [0.25, 0.3) is 0 Å². The lowest BCUT2D eigenvalue weighted by atomic mass is 9.77. The highest BCUT2D eigenvalue weighted by atomic mass is 16.5. The molecular weight excluding hydrogens is 242 g/mol. The lowest BCUT2D eigenvalue weighted by Gasteiger charge is -2.44. The molecule has 19 heavy (non-hydrogen) atoms. The van der Waals surface area contributed by atoms with Crippen molar-refractivity contribution in [3.63, 3.8) is 0 Å². The van der Waals surface area contributed by atoms with Crippen molar-refractivity contribution < 1.29 is 14.3 Å². The fourth-order valence-corrected chi connectivity index (χ4v) is 2.86. The number of benzene rings is 1. The number of esters is 1. The van der Waals surface area contributed by atoms with E-state index >= 15 is 0 Å². The minimum atomic E-state index is -0.832. The number of nitrogens with one attached hydrogen (secondary N) is 1. The molecule has 1 heterocycles. The molecule has 1 N–H and O–H groups in total. The number of fused-ring (bicyclic) bond motifs is 1. The van der Waals surface area contributed by atoms with Gasteiger partial charge in [0, 0.05) is 12.0 Å². The van der Waals surface area contributed by atoms with Gasteiger partial charge in [0.15, 0.2) is 0 Å². The van der Waals surface area contributed by atoms with E-state index in [1.807, 2.05) is 45.0 Å². The highest BCUT2D eigenvalue weighted by molar-refractivity contribution is 5.84. The average Bonchev–Trinajstić information content (AvgIpc) is 2.36. The monoisotopic (exact) mass is 263 g/mol. The Labute approximate surface area is 114 Å². The van der Waals surface area contributed by atoms with Crippen LogP contribution in [0.3, 0.4) is 0 Å². The first-order chi connectivity index (χ1) is 8.95. The van der Waals surface area contributed by atoms with E-state index in [4.69, 9.17) is 9.47 Å². The van der Waals surface area contributed by atoms with E-state index in [1.54, 1.807) is 0 Å². The normalized spacial score (nSPS) is 24.2. The summed E-state index contributed by atoms with van der Waals surface area (Å²) in [6.07, 6.45) is 0.539. The Balaban J connectivity index is 2.61. The molecule has 1 aromatic carbocycles. The summed E-state index contributed by atoms with van der Waals surface area (Å²) in [5.74, 6) is 0.475. The fraction of sp³-hybridized carbons (Fsp3) is 0.533. The predicted octanol–water partition coefficient (Wildman–Crippen LogP) is 2.23. The lowest BCUT2D eigenvalue weighted by Crippen LogP contribution is -2.57. The van der Waals surface area contributed by atoms with Crippen LogP contribution in [-0.2, 0) is 15.1 Å². The number of likely N-dealkylation sites (N-methyl/N-ethyl adjacent to an activating group) is 1. The molecule has 1 aliphatic rings. The molecule has 0 amide bonds. The van der Waals surface area contributed by atoms with Crippen molar-refractivity contribution in [3.8, 4) is 5.75 Å². The molecule has 0 aromatic heterocycles.